The van der Waals surface area contributed by atoms with Gasteiger partial charge in [0.15, 0.2) is 0 Å². The van der Waals surface area contributed by atoms with Gasteiger partial charge < -0.3 is 20.9 Å². The molecule has 1 heterocycles. The van der Waals surface area contributed by atoms with Crippen molar-refractivity contribution >= 4 is 27.4 Å². The van der Waals surface area contributed by atoms with Crippen LogP contribution in [0.2, 0.25) is 0 Å². The van der Waals surface area contributed by atoms with Gasteiger partial charge in [-0.3, -0.25) is 0 Å². The number of nitrogens with zero attached hydrogens (tertiary/aromatic N) is 1. The number of nitrogens with one attached hydrogen (secondary N) is 1. The summed E-state index contributed by atoms with van der Waals surface area (Å²) in [5, 5.41) is 13.6. The van der Waals surface area contributed by atoms with Gasteiger partial charge in [0.2, 0.25) is 0 Å². The number of aliphatic hydroxyl groups is 1. The van der Waals surface area contributed by atoms with Crippen LogP contribution in [0.1, 0.15) is 19.8 Å². The maximum Gasteiger partial charge on any atom is 0.149 e. The largest absolute Gasteiger partial charge is 0.491 e. The van der Waals surface area contributed by atoms with Gasteiger partial charge in [-0.15, -0.1) is 0 Å². The highest BCUT2D eigenvalue weighted by Crippen LogP contribution is 2.34. The third-order valence-corrected chi connectivity index (χ3v) is 3.27. The molecule has 0 unspecified atom stereocenters. The third-order valence-electron chi connectivity index (χ3n) is 2.95. The number of ether oxygens (including phenoxy) is 1. The number of nitrogens with two attached hydrogens (primary N) is 1. The van der Waals surface area contributed by atoms with Crippen LogP contribution in [0.4, 0.5) is 11.5 Å². The van der Waals surface area contributed by atoms with E-state index in [0.717, 1.165) is 18.2 Å². The van der Waals surface area contributed by atoms with Gasteiger partial charge in [0.25, 0.3) is 0 Å². The molecule has 0 amide bonds. The Morgan fingerprint density at radius 1 is 1.67 bits per heavy atom. The van der Waals surface area contributed by atoms with Crippen molar-refractivity contribution in [3.8, 4) is 5.75 Å². The number of anilines is 2. The van der Waals surface area contributed by atoms with E-state index in [2.05, 4.69) is 26.2 Å². The number of hydrogen-bond acceptors (Lipinski definition) is 5. The van der Waals surface area contributed by atoms with Crippen molar-refractivity contribution in [3.05, 3.63) is 12.3 Å². The van der Waals surface area contributed by atoms with Crippen LogP contribution in [-0.2, 0) is 0 Å². The van der Waals surface area contributed by atoms with E-state index in [1.54, 1.807) is 12.3 Å². The monoisotopic (exact) mass is 315 g/mol. The molecule has 1 fully saturated rings. The van der Waals surface area contributed by atoms with Gasteiger partial charge in [-0.05, 0) is 19.8 Å². The highest BCUT2D eigenvalue weighted by molar-refractivity contribution is 9.09. The number of hydrogen-bond donors (Lipinski definition) is 3. The van der Waals surface area contributed by atoms with Crippen LogP contribution < -0.4 is 15.8 Å². The van der Waals surface area contributed by atoms with Crippen LogP contribution >= 0.6 is 15.9 Å². The first-order valence-corrected chi connectivity index (χ1v) is 7.05. The fourth-order valence-electron chi connectivity index (χ4n) is 2.11. The van der Waals surface area contributed by atoms with Gasteiger partial charge >= 0.3 is 0 Å². The molecule has 6 heteroatoms. The summed E-state index contributed by atoms with van der Waals surface area (Å²) in [7, 11) is 0. The Bertz CT molecular complexity index is 418. The summed E-state index contributed by atoms with van der Waals surface area (Å²) in [6.45, 7) is 2.42. The Morgan fingerprint density at radius 3 is 2.94 bits per heavy atom. The standard InChI is InChI=1S/C12H18BrN3O2/c1-12(17)5-8(6-12)16-11-10(14)4-9(7-15-11)18-3-2-13/h4,7-8,17H,2-3,5-6,14H2,1H3,(H,15,16)/t8-,12+. The molecule has 0 atom stereocenters. The lowest BCUT2D eigenvalue weighted by Gasteiger charge is -2.41. The van der Waals surface area contributed by atoms with E-state index in [4.69, 9.17) is 10.5 Å². The number of halogens is 1. The third kappa shape index (κ3) is 3.26. The van der Waals surface area contributed by atoms with Gasteiger partial charge in [-0.2, -0.15) is 0 Å². The maximum atomic E-state index is 9.66. The summed E-state index contributed by atoms with van der Waals surface area (Å²) in [5.74, 6) is 1.32. The smallest absolute Gasteiger partial charge is 0.149 e. The number of pyridine rings is 1. The molecule has 1 aromatic heterocycles. The first-order valence-electron chi connectivity index (χ1n) is 5.93. The van der Waals surface area contributed by atoms with E-state index in [9.17, 15) is 5.11 Å². The predicted octanol–water partition coefficient (Wildman–Crippen LogP) is 1.76. The van der Waals surface area contributed by atoms with Gasteiger partial charge in [0, 0.05) is 17.4 Å². The maximum absolute atomic E-state index is 9.66. The molecule has 18 heavy (non-hydrogen) atoms. The molecular weight excluding hydrogens is 298 g/mol. The van der Waals surface area contributed by atoms with Crippen LogP contribution in [0, 0.1) is 0 Å². The minimum Gasteiger partial charge on any atom is -0.491 e. The first kappa shape index (κ1) is 13.4. The molecule has 0 aromatic carbocycles. The Morgan fingerprint density at radius 2 is 2.39 bits per heavy atom. The van der Waals surface area contributed by atoms with Gasteiger partial charge in [0.1, 0.15) is 11.6 Å². The average molecular weight is 316 g/mol. The van der Waals surface area contributed by atoms with E-state index in [1.165, 1.54) is 0 Å². The topological polar surface area (TPSA) is 80.4 Å². The van der Waals surface area contributed by atoms with Crippen molar-refractivity contribution in [3.63, 3.8) is 0 Å². The molecular formula is C12H18BrN3O2. The summed E-state index contributed by atoms with van der Waals surface area (Å²) in [6, 6.07) is 2.00. The van der Waals surface area contributed by atoms with Gasteiger partial charge in [-0.1, -0.05) is 15.9 Å². The van der Waals surface area contributed by atoms with E-state index >= 15 is 0 Å². The van der Waals surface area contributed by atoms with Crippen molar-refractivity contribution in [2.45, 2.75) is 31.4 Å². The average Bonchev–Trinajstić information content (AvgIpc) is 2.27. The van der Waals surface area contributed by atoms with E-state index in [1.807, 2.05) is 6.92 Å². The van der Waals surface area contributed by atoms with Crippen LogP contribution in [-0.4, -0.2) is 33.7 Å². The molecule has 2 rings (SSSR count). The molecule has 1 aliphatic rings. The van der Waals surface area contributed by atoms with Crippen molar-refractivity contribution < 1.29 is 9.84 Å². The predicted molar refractivity (Wildman–Crippen MR) is 75.2 cm³/mol. The van der Waals surface area contributed by atoms with Crippen molar-refractivity contribution in [1.82, 2.24) is 4.98 Å². The molecule has 5 nitrogen and oxygen atoms in total. The van der Waals surface area contributed by atoms with Crippen LogP contribution in [0.3, 0.4) is 0 Å². The summed E-state index contributed by atoms with van der Waals surface area (Å²) in [5.41, 5.74) is 5.92. The van der Waals surface area contributed by atoms with E-state index in [0.29, 0.717) is 23.9 Å². The highest BCUT2D eigenvalue weighted by atomic mass is 79.9. The number of rotatable bonds is 5. The second-order valence-corrected chi connectivity index (χ2v) is 5.69. The number of alkyl halides is 1. The molecule has 1 aliphatic carbocycles. The minimum atomic E-state index is -0.550. The van der Waals surface area contributed by atoms with Gasteiger partial charge in [-0.25, -0.2) is 4.98 Å². The van der Waals surface area contributed by atoms with E-state index < -0.39 is 5.60 Å². The SMILES string of the molecule is C[C@]1(O)C[C@@H](Nc2ncc(OCCBr)cc2N)C1. The molecule has 0 spiro atoms. The second-order valence-electron chi connectivity index (χ2n) is 4.89. The lowest BCUT2D eigenvalue weighted by Crippen LogP contribution is -2.48. The quantitative estimate of drug-likeness (QED) is 0.721. The van der Waals surface area contributed by atoms with Crippen molar-refractivity contribution in [2.24, 2.45) is 0 Å². The summed E-state index contributed by atoms with van der Waals surface area (Å²) < 4.78 is 5.41. The Balaban J connectivity index is 1.93. The molecule has 0 bridgehead atoms. The summed E-state index contributed by atoms with van der Waals surface area (Å²) in [4.78, 5) is 4.24. The zero-order chi connectivity index (χ0) is 13.2. The molecule has 0 radical (unpaired) electrons. The fraction of sp³-hybridized carbons (Fsp3) is 0.583. The first-order chi connectivity index (χ1) is 8.50. The molecule has 1 saturated carbocycles. The van der Waals surface area contributed by atoms with Crippen molar-refractivity contribution in [1.29, 1.82) is 0 Å². The fourth-order valence-corrected chi connectivity index (χ4v) is 2.28. The van der Waals surface area contributed by atoms with Crippen LogP contribution in [0.5, 0.6) is 5.75 Å². The molecule has 0 aliphatic heterocycles. The number of aromatic nitrogens is 1. The van der Waals surface area contributed by atoms with Gasteiger partial charge in [0.05, 0.1) is 24.1 Å². The van der Waals surface area contributed by atoms with Crippen molar-refractivity contribution in [2.75, 3.05) is 23.0 Å². The zero-order valence-electron chi connectivity index (χ0n) is 10.3. The van der Waals surface area contributed by atoms with Crippen LogP contribution in [0.15, 0.2) is 12.3 Å². The molecule has 100 valence electrons. The lowest BCUT2D eigenvalue weighted by atomic mass is 9.77. The number of nitrogen functional groups attached to an aromatic ring is 1. The molecule has 1 aromatic rings. The summed E-state index contributed by atoms with van der Waals surface area (Å²) in [6.07, 6.45) is 3.09. The molecule has 0 saturated heterocycles. The Kier molecular flexibility index (Phi) is 3.97. The van der Waals surface area contributed by atoms with E-state index in [-0.39, 0.29) is 6.04 Å². The normalized spacial score (nSPS) is 26.5. The Labute approximate surface area is 115 Å². The van der Waals surface area contributed by atoms with Crippen LogP contribution in [0.25, 0.3) is 0 Å². The lowest BCUT2D eigenvalue weighted by molar-refractivity contribution is -0.0235. The molecule has 4 N–H and O–H groups in total. The minimum absolute atomic E-state index is 0.240. The second kappa shape index (κ2) is 5.32. The Hall–Kier alpha value is -1.01. The zero-order valence-corrected chi connectivity index (χ0v) is 11.9. The summed E-state index contributed by atoms with van der Waals surface area (Å²) >= 11 is 3.29. The highest BCUT2D eigenvalue weighted by Gasteiger charge is 2.38.